The molecule has 34 heavy (non-hydrogen) atoms. The van der Waals surface area contributed by atoms with Crippen LogP contribution in [0.3, 0.4) is 0 Å². The zero-order chi connectivity index (χ0) is 23.9. The monoisotopic (exact) mass is 491 g/mol. The smallest absolute Gasteiger partial charge is 0.261 e. The van der Waals surface area contributed by atoms with E-state index in [4.69, 9.17) is 26.7 Å². The number of para-hydroxylation sites is 1. The van der Waals surface area contributed by atoms with Crippen molar-refractivity contribution in [1.82, 2.24) is 10.3 Å². The number of nitrogens with zero attached hydrogens (tertiary/aromatic N) is 1. The van der Waals surface area contributed by atoms with Crippen LogP contribution >= 0.6 is 23.6 Å². The summed E-state index contributed by atoms with van der Waals surface area (Å²) < 4.78 is 12.1. The molecule has 1 heterocycles. The second-order valence-electron chi connectivity index (χ2n) is 7.52. The fourth-order valence-electron chi connectivity index (χ4n) is 3.32. The van der Waals surface area contributed by atoms with Gasteiger partial charge in [-0.2, -0.15) is 0 Å². The van der Waals surface area contributed by atoms with Crippen LogP contribution in [0.2, 0.25) is 0 Å². The molecule has 0 unspecified atom stereocenters. The Hall–Kier alpha value is -3.33. The first-order valence-corrected chi connectivity index (χ1v) is 12.2. The molecule has 4 aromatic rings. The van der Waals surface area contributed by atoms with Gasteiger partial charge in [0.2, 0.25) is 0 Å². The number of aryl methyl sites for hydroxylation is 1. The quantitative estimate of drug-likeness (QED) is 0.239. The normalized spacial score (nSPS) is 10.8. The molecule has 8 heteroatoms. The van der Waals surface area contributed by atoms with Gasteiger partial charge < -0.3 is 14.8 Å². The van der Waals surface area contributed by atoms with Crippen LogP contribution in [0.5, 0.6) is 5.75 Å². The minimum absolute atomic E-state index is 0.206. The number of carbonyl (C=O) groups excluding carboxylic acids is 1. The molecule has 0 saturated carbocycles. The molecule has 1 amide bonds. The zero-order valence-electron chi connectivity index (χ0n) is 19.0. The maximum atomic E-state index is 12.7. The first kappa shape index (κ1) is 23.8. The highest BCUT2D eigenvalue weighted by molar-refractivity contribution is 7.80. The average Bonchev–Trinajstić information content (AvgIpc) is 3.25. The molecule has 4 rings (SSSR count). The molecule has 0 aliphatic heterocycles. The van der Waals surface area contributed by atoms with Crippen molar-refractivity contribution >= 4 is 50.5 Å². The summed E-state index contributed by atoms with van der Waals surface area (Å²) in [5, 5.41) is 6.94. The van der Waals surface area contributed by atoms with Gasteiger partial charge in [-0.25, -0.2) is 4.98 Å². The first-order chi connectivity index (χ1) is 16.5. The van der Waals surface area contributed by atoms with Gasteiger partial charge in [0.1, 0.15) is 17.4 Å². The Balaban J connectivity index is 1.37. The fourth-order valence-corrected chi connectivity index (χ4v) is 4.60. The molecule has 0 bridgehead atoms. The van der Waals surface area contributed by atoms with Gasteiger partial charge in [0.25, 0.3) is 5.91 Å². The summed E-state index contributed by atoms with van der Waals surface area (Å²) in [4.78, 5) is 17.5. The fraction of sp³-hybridized carbons (Fsp3) is 0.192. The summed E-state index contributed by atoms with van der Waals surface area (Å²) in [6, 6.07) is 21.1. The number of benzene rings is 3. The molecule has 0 aliphatic rings. The molecular formula is C26H25N3O3S2. The van der Waals surface area contributed by atoms with Gasteiger partial charge in [-0.15, -0.1) is 11.3 Å². The minimum Gasteiger partial charge on any atom is -0.490 e. The topological polar surface area (TPSA) is 72.5 Å². The van der Waals surface area contributed by atoms with Crippen LogP contribution < -0.4 is 15.4 Å². The molecule has 0 atom stereocenters. The van der Waals surface area contributed by atoms with E-state index >= 15 is 0 Å². The number of anilines is 1. The van der Waals surface area contributed by atoms with Crippen molar-refractivity contribution in [3.05, 3.63) is 77.9 Å². The SMILES string of the molecule is CCOCCOc1ccccc1C(=O)NC(=S)Nc1ccc(-c2nc3ccc(C)cc3s2)cc1. The van der Waals surface area contributed by atoms with E-state index < -0.39 is 0 Å². The van der Waals surface area contributed by atoms with Crippen LogP contribution in [0.4, 0.5) is 5.69 Å². The Morgan fingerprint density at radius 2 is 1.85 bits per heavy atom. The number of ether oxygens (including phenoxy) is 2. The number of hydrogen-bond acceptors (Lipinski definition) is 6. The lowest BCUT2D eigenvalue weighted by atomic mass is 10.2. The largest absolute Gasteiger partial charge is 0.490 e. The number of thiocarbonyl (C=S) groups is 1. The predicted octanol–water partition coefficient (Wildman–Crippen LogP) is 5.81. The van der Waals surface area contributed by atoms with Crippen molar-refractivity contribution in [2.75, 3.05) is 25.1 Å². The second-order valence-corrected chi connectivity index (χ2v) is 8.96. The van der Waals surface area contributed by atoms with Crippen LogP contribution in [0, 0.1) is 6.92 Å². The van der Waals surface area contributed by atoms with Crippen LogP contribution in [0.1, 0.15) is 22.8 Å². The minimum atomic E-state index is -0.342. The van der Waals surface area contributed by atoms with Crippen molar-refractivity contribution in [1.29, 1.82) is 0 Å². The maximum Gasteiger partial charge on any atom is 0.261 e. The first-order valence-electron chi connectivity index (χ1n) is 10.9. The van der Waals surface area contributed by atoms with Crippen molar-refractivity contribution in [3.8, 4) is 16.3 Å². The van der Waals surface area contributed by atoms with E-state index in [0.29, 0.717) is 31.1 Å². The molecule has 3 aromatic carbocycles. The second kappa shape index (κ2) is 11.2. The van der Waals surface area contributed by atoms with Crippen molar-refractivity contribution in [3.63, 3.8) is 0 Å². The lowest BCUT2D eigenvalue weighted by Crippen LogP contribution is -2.34. The molecule has 0 radical (unpaired) electrons. The van der Waals surface area contributed by atoms with E-state index in [-0.39, 0.29) is 11.0 Å². The highest BCUT2D eigenvalue weighted by atomic mass is 32.1. The van der Waals surface area contributed by atoms with E-state index in [9.17, 15) is 4.79 Å². The summed E-state index contributed by atoms with van der Waals surface area (Å²) in [5.41, 5.74) is 4.42. The van der Waals surface area contributed by atoms with Gasteiger partial charge in [0.15, 0.2) is 5.11 Å². The molecule has 0 fully saturated rings. The summed E-state index contributed by atoms with van der Waals surface area (Å²) in [7, 11) is 0. The molecule has 6 nitrogen and oxygen atoms in total. The number of amides is 1. The zero-order valence-corrected chi connectivity index (χ0v) is 20.6. The molecule has 174 valence electrons. The summed E-state index contributed by atoms with van der Waals surface area (Å²) in [5.74, 6) is 0.142. The van der Waals surface area contributed by atoms with Crippen molar-refractivity contribution in [2.24, 2.45) is 0 Å². The van der Waals surface area contributed by atoms with Crippen LogP contribution in [-0.2, 0) is 4.74 Å². The van der Waals surface area contributed by atoms with Gasteiger partial charge >= 0.3 is 0 Å². The number of aromatic nitrogens is 1. The van der Waals surface area contributed by atoms with Gasteiger partial charge in [0.05, 0.1) is 22.4 Å². The standard InChI is InChI=1S/C26H25N3O3S2/c1-3-31-14-15-32-22-7-5-4-6-20(22)24(30)29-26(33)27-19-11-9-18(10-12-19)25-28-21-13-8-17(2)16-23(21)34-25/h4-13,16H,3,14-15H2,1-2H3,(H2,27,29,30,33). The Kier molecular flexibility index (Phi) is 7.84. The average molecular weight is 492 g/mol. The molecule has 0 saturated heterocycles. The summed E-state index contributed by atoms with van der Waals surface area (Å²) in [6.45, 7) is 5.44. The van der Waals surface area contributed by atoms with Gasteiger partial charge in [-0.05, 0) is 80.2 Å². The van der Waals surface area contributed by atoms with Crippen molar-refractivity contribution < 1.29 is 14.3 Å². The number of hydrogen-bond donors (Lipinski definition) is 2. The Labute approximate surface area is 207 Å². The number of fused-ring (bicyclic) bond motifs is 1. The van der Waals surface area contributed by atoms with E-state index in [1.54, 1.807) is 29.5 Å². The maximum absolute atomic E-state index is 12.7. The number of carbonyl (C=O) groups is 1. The number of nitrogens with one attached hydrogen (secondary N) is 2. The van der Waals surface area contributed by atoms with Crippen molar-refractivity contribution in [2.45, 2.75) is 13.8 Å². The summed E-state index contributed by atoms with van der Waals surface area (Å²) >= 11 is 7.01. The molecule has 0 aliphatic carbocycles. The number of rotatable bonds is 8. The Morgan fingerprint density at radius 1 is 1.06 bits per heavy atom. The van der Waals surface area contributed by atoms with Gasteiger partial charge in [-0.1, -0.05) is 18.2 Å². The van der Waals surface area contributed by atoms with E-state index in [1.165, 1.54) is 10.3 Å². The Morgan fingerprint density at radius 3 is 2.65 bits per heavy atom. The summed E-state index contributed by atoms with van der Waals surface area (Å²) in [6.07, 6.45) is 0. The van der Waals surface area contributed by atoms with Crippen LogP contribution in [0.25, 0.3) is 20.8 Å². The van der Waals surface area contributed by atoms with Crippen LogP contribution in [0.15, 0.2) is 66.7 Å². The highest BCUT2D eigenvalue weighted by Crippen LogP contribution is 2.31. The van der Waals surface area contributed by atoms with Crippen LogP contribution in [-0.4, -0.2) is 35.8 Å². The van der Waals surface area contributed by atoms with E-state index in [0.717, 1.165) is 21.8 Å². The molecule has 0 spiro atoms. The van der Waals surface area contributed by atoms with Gasteiger partial charge in [0, 0.05) is 17.9 Å². The molecular weight excluding hydrogens is 466 g/mol. The predicted molar refractivity (Wildman–Crippen MR) is 142 cm³/mol. The third kappa shape index (κ3) is 5.96. The third-order valence-corrected chi connectivity index (χ3v) is 6.25. The van der Waals surface area contributed by atoms with Gasteiger partial charge in [-0.3, -0.25) is 10.1 Å². The highest BCUT2D eigenvalue weighted by Gasteiger charge is 2.14. The number of thiazole rings is 1. The lowest BCUT2D eigenvalue weighted by molar-refractivity contribution is 0.0958. The van der Waals surface area contributed by atoms with E-state index in [1.807, 2.05) is 43.3 Å². The Bertz CT molecular complexity index is 1300. The molecule has 1 aromatic heterocycles. The lowest BCUT2D eigenvalue weighted by Gasteiger charge is -2.13. The third-order valence-electron chi connectivity index (χ3n) is 4.98. The van der Waals surface area contributed by atoms with E-state index in [2.05, 4.69) is 29.7 Å². The molecule has 2 N–H and O–H groups in total.